The number of nitrogens with zero attached hydrogens (tertiary/aromatic N) is 1. The Morgan fingerprint density at radius 1 is 1.17 bits per heavy atom. The molecule has 0 aliphatic rings. The van der Waals surface area contributed by atoms with E-state index >= 15 is 0 Å². The fraction of sp³-hybridized carbons (Fsp3) is 0.294. The third-order valence-corrected chi connectivity index (χ3v) is 4.00. The van der Waals surface area contributed by atoms with Gasteiger partial charge in [-0.1, -0.05) is 17.7 Å². The fourth-order valence-corrected chi connectivity index (χ4v) is 2.52. The number of halogens is 3. The molecule has 12 heteroatoms. The number of carbonyl (C=O) groups excluding carboxylic acids is 3. The van der Waals surface area contributed by atoms with Crippen LogP contribution in [0, 0.1) is 6.92 Å². The second-order valence-corrected chi connectivity index (χ2v) is 6.59. The quantitative estimate of drug-likeness (QED) is 0.653. The molecule has 0 aliphatic carbocycles. The van der Waals surface area contributed by atoms with Crippen LogP contribution in [0.5, 0.6) is 5.75 Å². The number of ether oxygens (including phenoxy) is 2. The summed E-state index contributed by atoms with van der Waals surface area (Å²) in [5.74, 6) is -1.37. The minimum atomic E-state index is -4.61. The van der Waals surface area contributed by atoms with E-state index < -0.39 is 37.2 Å². The number of imide groups is 1. The van der Waals surface area contributed by atoms with Crippen molar-refractivity contribution >= 4 is 29.2 Å². The fourth-order valence-electron chi connectivity index (χ4n) is 1.84. The molecule has 0 saturated heterocycles. The average molecular weight is 431 g/mol. The summed E-state index contributed by atoms with van der Waals surface area (Å²) in [6, 6.07) is 6.00. The Labute approximate surface area is 167 Å². The van der Waals surface area contributed by atoms with Crippen molar-refractivity contribution in [3.8, 4) is 5.75 Å². The molecule has 1 heterocycles. The molecule has 2 aromatic rings. The SMILES string of the molecule is Cc1ccc(OCc2nc(C(=O)OCC(=O)NC(=O)NCC(F)(F)F)cs2)cc1. The number of alkyl halides is 3. The van der Waals surface area contributed by atoms with E-state index in [1.165, 1.54) is 10.7 Å². The third-order valence-electron chi connectivity index (χ3n) is 3.18. The summed E-state index contributed by atoms with van der Waals surface area (Å²) in [6.07, 6.45) is -4.61. The number of aryl methyl sites for hydroxylation is 1. The molecule has 0 unspecified atom stereocenters. The van der Waals surface area contributed by atoms with Gasteiger partial charge in [-0.2, -0.15) is 13.2 Å². The summed E-state index contributed by atoms with van der Waals surface area (Å²) < 4.78 is 46.1. The number of aromatic nitrogens is 1. The Balaban J connectivity index is 1.74. The molecule has 0 bridgehead atoms. The van der Waals surface area contributed by atoms with Gasteiger partial charge in [0.2, 0.25) is 0 Å². The maximum Gasteiger partial charge on any atom is 0.405 e. The predicted octanol–water partition coefficient (Wildman–Crippen LogP) is 2.58. The van der Waals surface area contributed by atoms with Crippen molar-refractivity contribution in [1.29, 1.82) is 0 Å². The Hall–Kier alpha value is -3.15. The highest BCUT2D eigenvalue weighted by Gasteiger charge is 2.28. The van der Waals surface area contributed by atoms with Crippen LogP contribution in [0.2, 0.25) is 0 Å². The zero-order valence-electron chi connectivity index (χ0n) is 15.0. The van der Waals surface area contributed by atoms with E-state index in [0.29, 0.717) is 10.8 Å². The first-order valence-electron chi connectivity index (χ1n) is 8.08. The molecule has 0 fully saturated rings. The van der Waals surface area contributed by atoms with Crippen LogP contribution >= 0.6 is 11.3 Å². The zero-order valence-corrected chi connectivity index (χ0v) is 15.9. The van der Waals surface area contributed by atoms with Crippen molar-refractivity contribution < 1.29 is 37.0 Å². The summed E-state index contributed by atoms with van der Waals surface area (Å²) >= 11 is 1.15. The van der Waals surface area contributed by atoms with Crippen LogP contribution in [-0.2, 0) is 16.1 Å². The molecule has 1 aromatic heterocycles. The van der Waals surface area contributed by atoms with Gasteiger partial charge in [-0.3, -0.25) is 10.1 Å². The van der Waals surface area contributed by atoms with Gasteiger partial charge in [0.1, 0.15) is 23.9 Å². The van der Waals surface area contributed by atoms with Crippen LogP contribution < -0.4 is 15.4 Å². The number of thiazole rings is 1. The number of esters is 1. The van der Waals surface area contributed by atoms with Crippen LogP contribution in [0.15, 0.2) is 29.6 Å². The smallest absolute Gasteiger partial charge is 0.405 e. The van der Waals surface area contributed by atoms with Gasteiger partial charge in [-0.15, -0.1) is 11.3 Å². The van der Waals surface area contributed by atoms with Crippen LogP contribution in [0.25, 0.3) is 0 Å². The topological polar surface area (TPSA) is 107 Å². The number of benzene rings is 1. The Bertz CT molecular complexity index is 868. The van der Waals surface area contributed by atoms with E-state index in [2.05, 4.69) is 9.72 Å². The molecule has 0 radical (unpaired) electrons. The largest absolute Gasteiger partial charge is 0.486 e. The van der Waals surface area contributed by atoms with Crippen LogP contribution in [0.3, 0.4) is 0 Å². The normalized spacial score (nSPS) is 10.9. The molecule has 156 valence electrons. The van der Waals surface area contributed by atoms with Crippen molar-refractivity contribution in [2.24, 2.45) is 0 Å². The maximum atomic E-state index is 12.0. The van der Waals surface area contributed by atoms with Gasteiger partial charge in [-0.25, -0.2) is 14.6 Å². The molecule has 0 saturated carbocycles. The van der Waals surface area contributed by atoms with E-state index in [1.807, 2.05) is 19.1 Å². The first-order valence-corrected chi connectivity index (χ1v) is 8.96. The number of carbonyl (C=O) groups is 3. The summed E-state index contributed by atoms with van der Waals surface area (Å²) in [5, 5.41) is 4.95. The number of nitrogens with one attached hydrogen (secondary N) is 2. The number of urea groups is 1. The Morgan fingerprint density at radius 3 is 2.52 bits per heavy atom. The first kappa shape index (κ1) is 22.1. The summed E-state index contributed by atoms with van der Waals surface area (Å²) in [4.78, 5) is 38.4. The minimum Gasteiger partial charge on any atom is -0.486 e. The Kier molecular flexibility index (Phi) is 7.53. The second kappa shape index (κ2) is 9.87. The van der Waals surface area contributed by atoms with Gasteiger partial charge in [-0.05, 0) is 19.1 Å². The van der Waals surface area contributed by atoms with Crippen molar-refractivity contribution in [2.75, 3.05) is 13.2 Å². The molecule has 3 amide bonds. The van der Waals surface area contributed by atoms with E-state index in [4.69, 9.17) is 4.74 Å². The van der Waals surface area contributed by atoms with Crippen molar-refractivity contribution in [3.63, 3.8) is 0 Å². The van der Waals surface area contributed by atoms with Crippen molar-refractivity contribution in [1.82, 2.24) is 15.6 Å². The van der Waals surface area contributed by atoms with Crippen LogP contribution in [0.4, 0.5) is 18.0 Å². The summed E-state index contributed by atoms with van der Waals surface area (Å²) in [6.45, 7) is -0.387. The highest BCUT2D eigenvalue weighted by molar-refractivity contribution is 7.09. The number of hydrogen-bond donors (Lipinski definition) is 2. The molecule has 0 atom stereocenters. The van der Waals surface area contributed by atoms with Gasteiger partial charge >= 0.3 is 18.2 Å². The lowest BCUT2D eigenvalue weighted by Crippen LogP contribution is -2.44. The standard InChI is InChI=1S/C17H16F3N3O5S/c1-10-2-4-11(5-3-10)27-7-14-22-12(8-29-14)15(25)28-6-13(24)23-16(26)21-9-17(18,19)20/h2-5,8H,6-7,9H2,1H3,(H2,21,23,24,26). The van der Waals surface area contributed by atoms with E-state index in [0.717, 1.165) is 16.9 Å². The maximum absolute atomic E-state index is 12.0. The molecule has 0 aliphatic heterocycles. The highest BCUT2D eigenvalue weighted by Crippen LogP contribution is 2.16. The molecule has 8 nitrogen and oxygen atoms in total. The lowest BCUT2D eigenvalue weighted by Gasteiger charge is -2.09. The highest BCUT2D eigenvalue weighted by atomic mass is 32.1. The Morgan fingerprint density at radius 2 is 1.86 bits per heavy atom. The third kappa shape index (κ3) is 8.17. The summed E-state index contributed by atoms with van der Waals surface area (Å²) in [7, 11) is 0. The monoisotopic (exact) mass is 431 g/mol. The van der Waals surface area contributed by atoms with E-state index in [1.54, 1.807) is 17.4 Å². The van der Waals surface area contributed by atoms with Gasteiger partial charge in [0, 0.05) is 5.38 Å². The van der Waals surface area contributed by atoms with Crippen LogP contribution in [-0.4, -0.2) is 42.2 Å². The van der Waals surface area contributed by atoms with Gasteiger partial charge in [0.25, 0.3) is 5.91 Å². The lowest BCUT2D eigenvalue weighted by molar-refractivity contribution is -0.125. The first-order chi connectivity index (χ1) is 13.6. The number of hydrogen-bond acceptors (Lipinski definition) is 7. The lowest BCUT2D eigenvalue weighted by atomic mass is 10.2. The van der Waals surface area contributed by atoms with Gasteiger partial charge in [0.15, 0.2) is 12.3 Å². The average Bonchev–Trinajstić information content (AvgIpc) is 3.12. The molecular formula is C17H16F3N3O5S. The van der Waals surface area contributed by atoms with Gasteiger partial charge in [0.05, 0.1) is 0 Å². The van der Waals surface area contributed by atoms with E-state index in [9.17, 15) is 27.6 Å². The molecule has 1 aromatic carbocycles. The van der Waals surface area contributed by atoms with Gasteiger partial charge < -0.3 is 14.8 Å². The predicted molar refractivity (Wildman–Crippen MR) is 95.5 cm³/mol. The number of rotatable bonds is 7. The van der Waals surface area contributed by atoms with Crippen molar-refractivity contribution in [3.05, 3.63) is 45.9 Å². The van der Waals surface area contributed by atoms with Crippen LogP contribution in [0.1, 0.15) is 21.1 Å². The summed E-state index contributed by atoms with van der Waals surface area (Å²) in [5.41, 5.74) is 1.02. The molecular weight excluding hydrogens is 415 g/mol. The van der Waals surface area contributed by atoms with E-state index in [-0.39, 0.29) is 12.3 Å². The number of amides is 3. The molecule has 2 N–H and O–H groups in total. The second-order valence-electron chi connectivity index (χ2n) is 5.65. The molecule has 29 heavy (non-hydrogen) atoms. The minimum absolute atomic E-state index is 0.0631. The van der Waals surface area contributed by atoms with Crippen molar-refractivity contribution in [2.45, 2.75) is 19.7 Å². The zero-order chi connectivity index (χ0) is 21.4. The molecule has 0 spiro atoms. The molecule has 2 rings (SSSR count).